The van der Waals surface area contributed by atoms with E-state index in [1.807, 2.05) is 37.3 Å². The van der Waals surface area contributed by atoms with Crippen LogP contribution in [-0.2, 0) is 26.2 Å². The summed E-state index contributed by atoms with van der Waals surface area (Å²) in [6.45, 7) is 4.06. The Morgan fingerprint density at radius 2 is 1.78 bits per heavy atom. The lowest BCUT2D eigenvalue weighted by atomic mass is 9.95. The molecule has 1 N–H and O–H groups in total. The third-order valence-electron chi connectivity index (χ3n) is 6.80. The number of halogens is 1. The molecule has 1 saturated carbocycles. The number of hydrogen-bond acceptors (Lipinski definition) is 4. The van der Waals surface area contributed by atoms with E-state index in [-0.39, 0.29) is 37.4 Å². The van der Waals surface area contributed by atoms with Crippen molar-refractivity contribution >= 4 is 39.1 Å². The van der Waals surface area contributed by atoms with Gasteiger partial charge in [0.2, 0.25) is 21.8 Å². The molecule has 1 atom stereocenters. The van der Waals surface area contributed by atoms with Gasteiger partial charge in [0.1, 0.15) is 6.04 Å². The van der Waals surface area contributed by atoms with E-state index in [9.17, 15) is 18.0 Å². The van der Waals surface area contributed by atoms with Crippen LogP contribution in [0.2, 0.25) is 5.02 Å². The second-order valence-electron chi connectivity index (χ2n) is 9.95. The van der Waals surface area contributed by atoms with Gasteiger partial charge >= 0.3 is 0 Å². The van der Waals surface area contributed by atoms with E-state index in [1.165, 1.54) is 17.0 Å². The molecule has 0 radical (unpaired) electrons. The molecule has 202 valence electrons. The first-order valence-corrected chi connectivity index (χ1v) is 15.2. The zero-order valence-electron chi connectivity index (χ0n) is 22.0. The maximum Gasteiger partial charge on any atom is 0.242 e. The highest BCUT2D eigenvalue weighted by atomic mass is 35.5. The summed E-state index contributed by atoms with van der Waals surface area (Å²) in [4.78, 5) is 28.1. The van der Waals surface area contributed by atoms with Gasteiger partial charge in [-0.2, -0.15) is 0 Å². The molecule has 1 fully saturated rings. The number of aryl methyl sites for hydroxylation is 1. The molecule has 7 nitrogen and oxygen atoms in total. The summed E-state index contributed by atoms with van der Waals surface area (Å²) in [5.74, 6) is -0.372. The van der Waals surface area contributed by atoms with Gasteiger partial charge in [0.15, 0.2) is 0 Å². The third-order valence-corrected chi connectivity index (χ3v) is 8.23. The van der Waals surface area contributed by atoms with Crippen LogP contribution in [0.25, 0.3) is 0 Å². The molecule has 9 heteroatoms. The number of anilines is 1. The van der Waals surface area contributed by atoms with Gasteiger partial charge in [-0.25, -0.2) is 8.42 Å². The molecule has 0 heterocycles. The molecular formula is C28H38ClN3O4S. The number of sulfonamides is 1. The zero-order chi connectivity index (χ0) is 27.0. The molecule has 2 aromatic rings. The molecule has 2 amide bonds. The van der Waals surface area contributed by atoms with Gasteiger partial charge in [-0.15, -0.1) is 0 Å². The number of carbonyl (C=O) groups excluding carboxylic acids is 2. The van der Waals surface area contributed by atoms with E-state index in [4.69, 9.17) is 11.6 Å². The van der Waals surface area contributed by atoms with Gasteiger partial charge in [0, 0.05) is 30.6 Å². The van der Waals surface area contributed by atoms with Crippen molar-refractivity contribution in [2.24, 2.45) is 0 Å². The Morgan fingerprint density at radius 3 is 2.43 bits per heavy atom. The average Bonchev–Trinajstić information content (AvgIpc) is 2.84. The van der Waals surface area contributed by atoms with Crippen LogP contribution >= 0.6 is 11.6 Å². The summed E-state index contributed by atoms with van der Waals surface area (Å²) in [6, 6.07) is 14.0. The fourth-order valence-electron chi connectivity index (χ4n) is 4.77. The number of carbonyl (C=O) groups is 2. The highest BCUT2D eigenvalue weighted by Gasteiger charge is 2.28. The Hall–Kier alpha value is -2.58. The molecule has 2 aromatic carbocycles. The van der Waals surface area contributed by atoms with Crippen LogP contribution < -0.4 is 9.62 Å². The summed E-state index contributed by atoms with van der Waals surface area (Å²) >= 11 is 6.16. The highest BCUT2D eigenvalue weighted by molar-refractivity contribution is 7.92. The first kappa shape index (κ1) is 29.0. The highest BCUT2D eigenvalue weighted by Crippen LogP contribution is 2.22. The number of amides is 2. The summed E-state index contributed by atoms with van der Waals surface area (Å²) in [7, 11) is -3.52. The topological polar surface area (TPSA) is 86.8 Å². The van der Waals surface area contributed by atoms with Crippen molar-refractivity contribution in [3.8, 4) is 0 Å². The second-order valence-corrected chi connectivity index (χ2v) is 12.3. The quantitative estimate of drug-likeness (QED) is 0.426. The summed E-state index contributed by atoms with van der Waals surface area (Å²) in [5, 5.41) is 3.69. The third kappa shape index (κ3) is 8.75. The zero-order valence-corrected chi connectivity index (χ0v) is 23.5. The van der Waals surface area contributed by atoms with Crippen molar-refractivity contribution in [3.63, 3.8) is 0 Å². The van der Waals surface area contributed by atoms with Crippen LogP contribution in [0.4, 0.5) is 5.69 Å². The van der Waals surface area contributed by atoms with E-state index in [2.05, 4.69) is 5.32 Å². The second kappa shape index (κ2) is 13.3. The van der Waals surface area contributed by atoms with E-state index >= 15 is 0 Å². The van der Waals surface area contributed by atoms with Gasteiger partial charge in [-0.1, -0.05) is 55.1 Å². The van der Waals surface area contributed by atoms with Crippen molar-refractivity contribution in [2.45, 2.75) is 77.4 Å². The number of benzene rings is 2. The molecule has 0 aromatic heterocycles. The predicted molar refractivity (Wildman–Crippen MR) is 149 cm³/mol. The minimum Gasteiger partial charge on any atom is -0.352 e. The van der Waals surface area contributed by atoms with Crippen LogP contribution in [0, 0.1) is 6.92 Å². The number of nitrogens with one attached hydrogen (secondary N) is 1. The first-order valence-electron chi connectivity index (χ1n) is 12.9. The summed E-state index contributed by atoms with van der Waals surface area (Å²) in [5.41, 5.74) is 2.36. The van der Waals surface area contributed by atoms with Crippen LogP contribution in [0.5, 0.6) is 0 Å². The SMILES string of the molecule is Cc1cccc(N(CCCC(=O)N(Cc2cccc(Cl)c2)C(C)C(=O)NC2CCCCC2)S(C)(=O)=O)c1. The van der Waals surface area contributed by atoms with Crippen molar-refractivity contribution < 1.29 is 18.0 Å². The van der Waals surface area contributed by atoms with Gasteiger partial charge in [-0.3, -0.25) is 13.9 Å². The lowest BCUT2D eigenvalue weighted by Crippen LogP contribution is -2.50. The number of nitrogens with zero attached hydrogens (tertiary/aromatic N) is 2. The Kier molecular flexibility index (Phi) is 10.4. The number of rotatable bonds is 11. The normalized spacial score (nSPS) is 15.1. The molecule has 1 unspecified atom stereocenters. The Morgan fingerprint density at radius 1 is 1.08 bits per heavy atom. The fourth-order valence-corrected chi connectivity index (χ4v) is 5.94. The molecule has 0 bridgehead atoms. The largest absolute Gasteiger partial charge is 0.352 e. The fraction of sp³-hybridized carbons (Fsp3) is 0.500. The van der Waals surface area contributed by atoms with Gasteiger partial charge in [0.05, 0.1) is 11.9 Å². The van der Waals surface area contributed by atoms with E-state index in [0.29, 0.717) is 17.1 Å². The van der Waals surface area contributed by atoms with E-state index in [1.54, 1.807) is 30.0 Å². The van der Waals surface area contributed by atoms with Crippen molar-refractivity contribution in [3.05, 3.63) is 64.7 Å². The van der Waals surface area contributed by atoms with Crippen molar-refractivity contribution in [2.75, 3.05) is 17.1 Å². The van der Waals surface area contributed by atoms with Crippen molar-refractivity contribution in [1.29, 1.82) is 0 Å². The Balaban J connectivity index is 1.71. The number of hydrogen-bond donors (Lipinski definition) is 1. The minimum absolute atomic E-state index is 0.111. The Bertz CT molecular complexity index is 1180. The lowest BCUT2D eigenvalue weighted by molar-refractivity contribution is -0.141. The van der Waals surface area contributed by atoms with Crippen molar-refractivity contribution in [1.82, 2.24) is 10.2 Å². The Labute approximate surface area is 226 Å². The monoisotopic (exact) mass is 547 g/mol. The molecule has 1 aliphatic rings. The molecule has 37 heavy (non-hydrogen) atoms. The lowest BCUT2D eigenvalue weighted by Gasteiger charge is -2.31. The molecular weight excluding hydrogens is 510 g/mol. The van der Waals surface area contributed by atoms with Crippen LogP contribution in [0.15, 0.2) is 48.5 Å². The van der Waals surface area contributed by atoms with Crippen LogP contribution in [0.1, 0.15) is 63.0 Å². The molecule has 1 aliphatic carbocycles. The average molecular weight is 548 g/mol. The van der Waals surface area contributed by atoms with Crippen LogP contribution in [0.3, 0.4) is 0 Å². The summed E-state index contributed by atoms with van der Waals surface area (Å²) in [6.07, 6.45) is 6.91. The standard InChI is InChI=1S/C28H38ClN3O4S/c1-21-10-7-15-26(18-21)32(37(3,35)36)17-9-16-27(33)31(20-23-11-8-12-24(29)19-23)22(2)28(34)30-25-13-5-4-6-14-25/h7-8,10-12,15,18-19,22,25H,4-6,9,13-14,16-17,20H2,1-3H3,(H,30,34). The minimum atomic E-state index is -3.52. The van der Waals surface area contributed by atoms with Gasteiger partial charge in [0.25, 0.3) is 0 Å². The smallest absolute Gasteiger partial charge is 0.242 e. The maximum absolute atomic E-state index is 13.4. The maximum atomic E-state index is 13.4. The first-order chi connectivity index (χ1) is 17.5. The molecule has 0 aliphatic heterocycles. The summed E-state index contributed by atoms with van der Waals surface area (Å²) < 4.78 is 26.3. The predicted octanol–water partition coefficient (Wildman–Crippen LogP) is 5.06. The van der Waals surface area contributed by atoms with Crippen LogP contribution in [-0.4, -0.2) is 50.0 Å². The van der Waals surface area contributed by atoms with E-state index < -0.39 is 16.1 Å². The van der Waals surface area contributed by atoms with E-state index in [0.717, 1.165) is 36.8 Å². The molecule has 0 saturated heterocycles. The van der Waals surface area contributed by atoms with Gasteiger partial charge < -0.3 is 10.2 Å². The molecule has 3 rings (SSSR count). The molecule has 0 spiro atoms. The van der Waals surface area contributed by atoms with Gasteiger partial charge in [-0.05, 0) is 68.5 Å².